The second-order valence-corrected chi connectivity index (χ2v) is 9.08. The van der Waals surface area contributed by atoms with Gasteiger partial charge in [-0.3, -0.25) is 4.90 Å². The van der Waals surface area contributed by atoms with Crippen LogP contribution in [0, 0.1) is 5.82 Å². The van der Waals surface area contributed by atoms with Gasteiger partial charge in [0.1, 0.15) is 12.4 Å². The van der Waals surface area contributed by atoms with Crippen molar-refractivity contribution in [2.75, 3.05) is 26.9 Å². The predicted octanol–water partition coefficient (Wildman–Crippen LogP) is 5.03. The van der Waals surface area contributed by atoms with Crippen LogP contribution in [0.1, 0.15) is 29.0 Å². The van der Waals surface area contributed by atoms with Crippen LogP contribution in [0.5, 0.6) is 5.88 Å². The summed E-state index contributed by atoms with van der Waals surface area (Å²) in [6.07, 6.45) is 3.22. The molecule has 7 heteroatoms. The minimum Gasteiger partial charge on any atom is -0.481 e. The lowest BCUT2D eigenvalue weighted by atomic mass is 9.90. The molecule has 0 saturated carbocycles. The molecule has 1 fully saturated rings. The van der Waals surface area contributed by atoms with Crippen molar-refractivity contribution in [2.24, 2.45) is 0 Å². The van der Waals surface area contributed by atoms with E-state index in [1.807, 2.05) is 30.3 Å². The summed E-state index contributed by atoms with van der Waals surface area (Å²) < 4.78 is 30.9. The monoisotopic (exact) mass is 472 g/mol. The zero-order valence-corrected chi connectivity index (χ0v) is 19.3. The van der Waals surface area contributed by atoms with Crippen LogP contribution in [0.2, 0.25) is 0 Å². The molecular formula is C28H25FN2O4. The summed E-state index contributed by atoms with van der Waals surface area (Å²) in [5.41, 5.74) is 6.25. The summed E-state index contributed by atoms with van der Waals surface area (Å²) in [6, 6.07) is 17.5. The Bertz CT molecular complexity index is 1280. The average Bonchev–Trinajstić information content (AvgIpc) is 3.20. The van der Waals surface area contributed by atoms with Gasteiger partial charge < -0.3 is 14.2 Å². The Labute approximate surface area is 203 Å². The number of nitrogens with zero attached hydrogens (tertiary/aromatic N) is 2. The standard InChI is InChI=1S/C28H25FN2O4/c1-33-27-25(12-18(29)13-30-27)17-10-19-14-34-15-20(11-17)31(19)28(32)35-16-26-23-8-4-2-6-21(23)22-7-3-5-9-24(22)26/h2-10,12-13,19-20,26H,11,14-16H2,1H3. The summed E-state index contributed by atoms with van der Waals surface area (Å²) in [6.45, 7) is 1.01. The van der Waals surface area contributed by atoms with Gasteiger partial charge in [-0.05, 0) is 40.3 Å². The number of methoxy groups -OCH3 is 1. The third kappa shape index (κ3) is 3.76. The average molecular weight is 473 g/mol. The Morgan fingerprint density at radius 1 is 1.09 bits per heavy atom. The zero-order valence-electron chi connectivity index (χ0n) is 19.3. The van der Waals surface area contributed by atoms with Gasteiger partial charge in [0, 0.05) is 11.5 Å². The molecule has 178 valence electrons. The van der Waals surface area contributed by atoms with Crippen molar-refractivity contribution in [3.8, 4) is 17.0 Å². The summed E-state index contributed by atoms with van der Waals surface area (Å²) in [4.78, 5) is 19.2. The second-order valence-electron chi connectivity index (χ2n) is 9.08. The highest BCUT2D eigenvalue weighted by Crippen LogP contribution is 2.45. The van der Waals surface area contributed by atoms with Gasteiger partial charge in [-0.2, -0.15) is 0 Å². The molecule has 3 aliphatic rings. The molecule has 2 unspecified atom stereocenters. The van der Waals surface area contributed by atoms with Gasteiger partial charge in [-0.1, -0.05) is 54.6 Å². The summed E-state index contributed by atoms with van der Waals surface area (Å²) >= 11 is 0. The number of pyridine rings is 1. The first-order valence-corrected chi connectivity index (χ1v) is 11.8. The smallest absolute Gasteiger partial charge is 0.410 e. The normalized spacial score (nSPS) is 20.6. The van der Waals surface area contributed by atoms with Crippen LogP contribution in [-0.4, -0.2) is 55.0 Å². The first kappa shape index (κ1) is 21.8. The van der Waals surface area contributed by atoms with Crippen LogP contribution >= 0.6 is 0 Å². The minimum atomic E-state index is -0.429. The SMILES string of the molecule is COc1ncc(F)cc1C1=CC2COCC(C1)N2C(=O)OCC1c2ccccc2-c2ccccc21. The number of benzene rings is 2. The van der Waals surface area contributed by atoms with Crippen molar-refractivity contribution < 1.29 is 23.4 Å². The number of halogens is 1. The maximum absolute atomic E-state index is 13.9. The Morgan fingerprint density at radius 3 is 2.49 bits per heavy atom. The molecule has 1 saturated heterocycles. The van der Waals surface area contributed by atoms with E-state index in [9.17, 15) is 9.18 Å². The number of aromatic nitrogens is 1. The van der Waals surface area contributed by atoms with Gasteiger partial charge >= 0.3 is 6.09 Å². The number of hydrogen-bond donors (Lipinski definition) is 0. The summed E-state index contributed by atoms with van der Waals surface area (Å²) in [5.74, 6) is -0.0609. The van der Waals surface area contributed by atoms with Crippen molar-refractivity contribution in [3.63, 3.8) is 0 Å². The molecule has 2 atom stereocenters. The predicted molar refractivity (Wildman–Crippen MR) is 129 cm³/mol. The quantitative estimate of drug-likeness (QED) is 0.533. The van der Waals surface area contributed by atoms with Crippen LogP contribution in [-0.2, 0) is 9.47 Å². The highest BCUT2D eigenvalue weighted by Gasteiger charge is 2.40. The van der Waals surface area contributed by atoms with Crippen LogP contribution in [0.15, 0.2) is 66.9 Å². The maximum atomic E-state index is 13.9. The van der Waals surface area contributed by atoms with Crippen molar-refractivity contribution in [2.45, 2.75) is 24.4 Å². The number of rotatable bonds is 4. The molecule has 1 aliphatic carbocycles. The molecule has 0 radical (unpaired) electrons. The molecule has 2 aliphatic heterocycles. The molecule has 0 spiro atoms. The van der Waals surface area contributed by atoms with Crippen LogP contribution in [0.4, 0.5) is 9.18 Å². The third-order valence-corrected chi connectivity index (χ3v) is 7.10. The van der Waals surface area contributed by atoms with Crippen molar-refractivity contribution >= 4 is 11.7 Å². The van der Waals surface area contributed by atoms with Crippen LogP contribution < -0.4 is 4.74 Å². The highest BCUT2D eigenvalue weighted by molar-refractivity contribution is 5.79. The van der Waals surface area contributed by atoms with E-state index in [-0.39, 0.29) is 30.7 Å². The highest BCUT2D eigenvalue weighted by atomic mass is 19.1. The number of amides is 1. The first-order chi connectivity index (χ1) is 17.1. The van der Waals surface area contributed by atoms with E-state index in [4.69, 9.17) is 14.2 Å². The van der Waals surface area contributed by atoms with Gasteiger partial charge in [-0.15, -0.1) is 0 Å². The maximum Gasteiger partial charge on any atom is 0.410 e. The Morgan fingerprint density at radius 2 is 1.80 bits per heavy atom. The lowest BCUT2D eigenvalue weighted by molar-refractivity contribution is -0.0331. The van der Waals surface area contributed by atoms with Gasteiger partial charge in [-0.25, -0.2) is 14.2 Å². The first-order valence-electron chi connectivity index (χ1n) is 11.8. The molecule has 6 nitrogen and oxygen atoms in total. The zero-order chi connectivity index (χ0) is 23.9. The number of carbonyl (C=O) groups is 1. The Kier molecular flexibility index (Phi) is 5.49. The molecule has 3 aromatic rings. The molecule has 2 bridgehead atoms. The summed E-state index contributed by atoms with van der Waals surface area (Å²) in [7, 11) is 1.51. The van der Waals surface area contributed by atoms with Crippen molar-refractivity contribution in [1.29, 1.82) is 0 Å². The molecule has 2 aromatic carbocycles. The molecule has 35 heavy (non-hydrogen) atoms. The third-order valence-electron chi connectivity index (χ3n) is 7.10. The second kappa shape index (κ2) is 8.82. The fourth-order valence-corrected chi connectivity index (χ4v) is 5.57. The molecular weight excluding hydrogens is 447 g/mol. The van der Waals surface area contributed by atoms with Crippen LogP contribution in [0.25, 0.3) is 16.7 Å². The largest absolute Gasteiger partial charge is 0.481 e. The fourth-order valence-electron chi connectivity index (χ4n) is 5.57. The number of fused-ring (bicyclic) bond motifs is 5. The van der Waals surface area contributed by atoms with E-state index < -0.39 is 5.82 Å². The number of hydrogen-bond acceptors (Lipinski definition) is 5. The topological polar surface area (TPSA) is 60.9 Å². The van der Waals surface area contributed by atoms with Gasteiger partial charge in [0.05, 0.1) is 38.6 Å². The molecule has 3 heterocycles. The molecule has 1 amide bonds. The van der Waals surface area contributed by atoms with E-state index in [0.717, 1.165) is 11.8 Å². The number of ether oxygens (including phenoxy) is 3. The number of morpholine rings is 1. The minimum absolute atomic E-state index is 0.000892. The molecule has 0 N–H and O–H groups in total. The Hall–Kier alpha value is -3.71. The van der Waals surface area contributed by atoms with Gasteiger partial charge in [0.25, 0.3) is 0 Å². The van der Waals surface area contributed by atoms with E-state index in [0.29, 0.717) is 31.1 Å². The molecule has 6 rings (SSSR count). The van der Waals surface area contributed by atoms with Crippen molar-refractivity contribution in [3.05, 3.63) is 89.4 Å². The van der Waals surface area contributed by atoms with Crippen LogP contribution in [0.3, 0.4) is 0 Å². The fraction of sp³-hybridized carbons (Fsp3) is 0.286. The lowest BCUT2D eigenvalue weighted by Crippen LogP contribution is -2.56. The number of carbonyl (C=O) groups excluding carboxylic acids is 1. The summed E-state index contributed by atoms with van der Waals surface area (Å²) in [5, 5.41) is 0. The lowest BCUT2D eigenvalue weighted by Gasteiger charge is -2.44. The van der Waals surface area contributed by atoms with Gasteiger partial charge in [0.15, 0.2) is 0 Å². The van der Waals surface area contributed by atoms with Crippen molar-refractivity contribution in [1.82, 2.24) is 9.88 Å². The molecule has 1 aromatic heterocycles. The van der Waals surface area contributed by atoms with E-state index in [1.165, 1.54) is 35.4 Å². The van der Waals surface area contributed by atoms with E-state index in [1.54, 1.807) is 4.90 Å². The van der Waals surface area contributed by atoms with Gasteiger partial charge in [0.2, 0.25) is 5.88 Å². The van der Waals surface area contributed by atoms with E-state index >= 15 is 0 Å². The van der Waals surface area contributed by atoms with E-state index in [2.05, 4.69) is 29.2 Å². The Balaban J connectivity index is 1.23.